The number of phenols is 2. The molecule has 0 aliphatic heterocycles. The van der Waals surface area contributed by atoms with Gasteiger partial charge in [-0.2, -0.15) is 5.10 Å². The third-order valence-electron chi connectivity index (χ3n) is 3.20. The van der Waals surface area contributed by atoms with Crippen molar-refractivity contribution in [1.29, 1.82) is 0 Å². The maximum Gasteiger partial charge on any atom is 0.267 e. The molecule has 1 amide bonds. The number of aliphatic hydroxyl groups excluding tert-OH is 1. The summed E-state index contributed by atoms with van der Waals surface area (Å²) in [6.07, 6.45) is 3.14. The summed E-state index contributed by atoms with van der Waals surface area (Å²) < 4.78 is 0. The molecule has 0 bridgehead atoms. The van der Waals surface area contributed by atoms with Crippen LogP contribution in [0.3, 0.4) is 0 Å². The Hall–Kier alpha value is -3.12. The van der Waals surface area contributed by atoms with Crippen LogP contribution < -0.4 is 5.43 Å². The van der Waals surface area contributed by atoms with Gasteiger partial charge >= 0.3 is 0 Å². The van der Waals surface area contributed by atoms with Crippen molar-refractivity contribution in [2.24, 2.45) is 5.10 Å². The predicted octanol–water partition coefficient (Wildman–Crippen LogP) is 2.01. The minimum absolute atomic E-state index is 0.0651. The minimum Gasteiger partial charge on any atom is -0.508 e. The summed E-state index contributed by atoms with van der Waals surface area (Å²) in [5, 5.41) is 31.8. The Bertz CT molecular complexity index is 755. The zero-order valence-electron chi connectivity index (χ0n) is 12.9. The van der Waals surface area contributed by atoms with E-state index in [0.717, 1.165) is 5.56 Å². The SMILES string of the molecule is O=C(N/N=C/c1ccc(O)cc1O)/C(=C/c1ccccc1)CCO. The quantitative estimate of drug-likeness (QED) is 0.370. The van der Waals surface area contributed by atoms with E-state index in [1.807, 2.05) is 30.3 Å². The molecular weight excluding hydrogens is 308 g/mol. The van der Waals surface area contributed by atoms with Crippen LogP contribution in [-0.4, -0.2) is 34.0 Å². The molecule has 2 aromatic carbocycles. The minimum atomic E-state index is -0.442. The fourth-order valence-electron chi connectivity index (χ4n) is 2.00. The lowest BCUT2D eigenvalue weighted by Gasteiger charge is -2.05. The second-order valence-corrected chi connectivity index (χ2v) is 5.00. The molecule has 6 nitrogen and oxygen atoms in total. The van der Waals surface area contributed by atoms with Crippen LogP contribution in [0, 0.1) is 0 Å². The molecule has 0 heterocycles. The van der Waals surface area contributed by atoms with Gasteiger partial charge in [-0.3, -0.25) is 4.79 Å². The smallest absolute Gasteiger partial charge is 0.267 e. The van der Waals surface area contributed by atoms with Crippen molar-refractivity contribution in [2.45, 2.75) is 6.42 Å². The van der Waals surface area contributed by atoms with E-state index in [1.54, 1.807) is 6.08 Å². The highest BCUT2D eigenvalue weighted by atomic mass is 16.3. The zero-order valence-corrected chi connectivity index (χ0v) is 12.9. The maximum atomic E-state index is 12.2. The molecule has 6 heteroatoms. The molecular formula is C18H18N2O4. The number of hydrogen-bond acceptors (Lipinski definition) is 5. The van der Waals surface area contributed by atoms with Gasteiger partial charge < -0.3 is 15.3 Å². The van der Waals surface area contributed by atoms with Gasteiger partial charge in [-0.15, -0.1) is 0 Å². The highest BCUT2D eigenvalue weighted by molar-refractivity contribution is 5.98. The van der Waals surface area contributed by atoms with Gasteiger partial charge in [-0.1, -0.05) is 30.3 Å². The van der Waals surface area contributed by atoms with E-state index < -0.39 is 5.91 Å². The zero-order chi connectivity index (χ0) is 17.4. The number of carbonyl (C=O) groups is 1. The number of benzene rings is 2. The number of rotatable bonds is 6. The molecule has 24 heavy (non-hydrogen) atoms. The van der Waals surface area contributed by atoms with Crippen LogP contribution in [0.4, 0.5) is 0 Å². The normalized spacial score (nSPS) is 11.6. The molecule has 4 N–H and O–H groups in total. The van der Waals surface area contributed by atoms with Gasteiger partial charge in [-0.05, 0) is 23.8 Å². The molecule has 0 saturated heterocycles. The third-order valence-corrected chi connectivity index (χ3v) is 3.20. The summed E-state index contributed by atoms with van der Waals surface area (Å²) >= 11 is 0. The summed E-state index contributed by atoms with van der Waals surface area (Å²) in [6, 6.07) is 13.3. The van der Waals surface area contributed by atoms with Crippen LogP contribution in [0.5, 0.6) is 11.5 Å². The van der Waals surface area contributed by atoms with Crippen LogP contribution in [-0.2, 0) is 4.79 Å². The summed E-state index contributed by atoms with van der Waals surface area (Å²) in [5.74, 6) is -0.657. The Morgan fingerprint density at radius 3 is 2.54 bits per heavy atom. The first-order chi connectivity index (χ1) is 11.6. The molecule has 0 aliphatic rings. The lowest BCUT2D eigenvalue weighted by Crippen LogP contribution is -2.20. The van der Waals surface area contributed by atoms with Crippen LogP contribution >= 0.6 is 0 Å². The monoisotopic (exact) mass is 326 g/mol. The molecule has 0 fully saturated rings. The highest BCUT2D eigenvalue weighted by Crippen LogP contribution is 2.20. The van der Waals surface area contributed by atoms with E-state index in [0.29, 0.717) is 11.1 Å². The Morgan fingerprint density at radius 2 is 1.88 bits per heavy atom. The molecule has 0 unspecified atom stereocenters. The van der Waals surface area contributed by atoms with Crippen molar-refractivity contribution in [3.8, 4) is 11.5 Å². The average Bonchev–Trinajstić information content (AvgIpc) is 2.57. The van der Waals surface area contributed by atoms with Gasteiger partial charge in [0.1, 0.15) is 11.5 Å². The van der Waals surface area contributed by atoms with Crippen LogP contribution in [0.25, 0.3) is 6.08 Å². The number of aliphatic hydroxyl groups is 1. The van der Waals surface area contributed by atoms with Gasteiger partial charge in [0, 0.05) is 30.2 Å². The van der Waals surface area contributed by atoms with E-state index in [2.05, 4.69) is 10.5 Å². The Balaban J connectivity index is 2.08. The number of hydrogen-bond donors (Lipinski definition) is 4. The fourth-order valence-corrected chi connectivity index (χ4v) is 2.00. The average molecular weight is 326 g/mol. The van der Waals surface area contributed by atoms with E-state index >= 15 is 0 Å². The van der Waals surface area contributed by atoms with Crippen molar-refractivity contribution in [3.05, 3.63) is 65.2 Å². The second-order valence-electron chi connectivity index (χ2n) is 5.00. The van der Waals surface area contributed by atoms with Gasteiger partial charge in [-0.25, -0.2) is 5.43 Å². The Kier molecular flexibility index (Phi) is 6.10. The molecule has 2 rings (SSSR count). The molecule has 0 aromatic heterocycles. The van der Waals surface area contributed by atoms with Gasteiger partial charge in [0.25, 0.3) is 5.91 Å². The lowest BCUT2D eigenvalue weighted by atomic mass is 10.1. The van der Waals surface area contributed by atoms with Crippen LogP contribution in [0.2, 0.25) is 0 Å². The number of nitrogens with zero attached hydrogens (tertiary/aromatic N) is 1. The number of hydrazone groups is 1. The van der Waals surface area contributed by atoms with E-state index in [4.69, 9.17) is 5.11 Å². The number of carbonyl (C=O) groups excluding carboxylic acids is 1. The lowest BCUT2D eigenvalue weighted by molar-refractivity contribution is -0.117. The van der Waals surface area contributed by atoms with Crippen LogP contribution in [0.1, 0.15) is 17.5 Å². The molecule has 0 spiro atoms. The van der Waals surface area contributed by atoms with Gasteiger partial charge in [0.15, 0.2) is 0 Å². The summed E-state index contributed by atoms with van der Waals surface area (Å²) in [7, 11) is 0. The second kappa shape index (κ2) is 8.50. The molecule has 0 saturated carbocycles. The third kappa shape index (κ3) is 4.96. The van der Waals surface area contributed by atoms with Gasteiger partial charge in [0.2, 0.25) is 0 Å². The topological polar surface area (TPSA) is 102 Å². The Labute approximate surface area is 139 Å². The predicted molar refractivity (Wildman–Crippen MR) is 91.6 cm³/mol. The van der Waals surface area contributed by atoms with Crippen molar-refractivity contribution in [2.75, 3.05) is 6.61 Å². The highest BCUT2D eigenvalue weighted by Gasteiger charge is 2.08. The molecule has 0 radical (unpaired) electrons. The molecule has 0 aliphatic carbocycles. The van der Waals surface area contributed by atoms with E-state index in [1.165, 1.54) is 24.4 Å². The number of aromatic hydroxyl groups is 2. The van der Waals surface area contributed by atoms with Crippen LogP contribution in [0.15, 0.2) is 59.2 Å². The standard InChI is InChI=1S/C18H18N2O4/c21-9-8-14(10-13-4-2-1-3-5-13)18(24)20-19-12-15-6-7-16(22)11-17(15)23/h1-7,10-12,21-23H,8-9H2,(H,20,24)/b14-10+,19-12+. The van der Waals surface area contributed by atoms with Crippen molar-refractivity contribution in [3.63, 3.8) is 0 Å². The fraction of sp³-hybridized carbons (Fsp3) is 0.111. The summed E-state index contributed by atoms with van der Waals surface area (Å²) in [5.41, 5.74) is 3.94. The molecule has 124 valence electrons. The first-order valence-electron chi connectivity index (χ1n) is 7.32. The largest absolute Gasteiger partial charge is 0.508 e. The summed E-state index contributed by atoms with van der Waals surface area (Å²) in [6.45, 7) is -0.158. The first-order valence-corrected chi connectivity index (χ1v) is 7.32. The number of phenolic OH excluding ortho intramolecular Hbond substituents is 2. The van der Waals surface area contributed by atoms with E-state index in [9.17, 15) is 15.0 Å². The Morgan fingerprint density at radius 1 is 1.12 bits per heavy atom. The molecule has 0 atom stereocenters. The van der Waals surface area contributed by atoms with E-state index in [-0.39, 0.29) is 24.5 Å². The number of nitrogens with one attached hydrogen (secondary N) is 1. The molecule has 2 aromatic rings. The van der Waals surface area contributed by atoms with Crippen molar-refractivity contribution < 1.29 is 20.1 Å². The van der Waals surface area contributed by atoms with Gasteiger partial charge in [0.05, 0.1) is 6.21 Å². The summed E-state index contributed by atoms with van der Waals surface area (Å²) in [4.78, 5) is 12.2. The first kappa shape index (κ1) is 17.2. The van der Waals surface area contributed by atoms with Crippen molar-refractivity contribution in [1.82, 2.24) is 5.43 Å². The number of amides is 1. The maximum absolute atomic E-state index is 12.2. The van der Waals surface area contributed by atoms with Crippen molar-refractivity contribution >= 4 is 18.2 Å².